The molecule has 1 rings (SSSR count). The number of nitrogens with zero attached hydrogens (tertiary/aromatic N) is 1. The van der Waals surface area contributed by atoms with Gasteiger partial charge in [-0.1, -0.05) is 6.92 Å². The number of benzene rings is 1. The molecule has 4 nitrogen and oxygen atoms in total. The van der Waals surface area contributed by atoms with Crippen molar-refractivity contribution in [2.75, 3.05) is 20.3 Å². The van der Waals surface area contributed by atoms with E-state index in [-0.39, 0.29) is 6.04 Å². The Balaban J connectivity index is 2.40. The predicted octanol–water partition coefficient (Wildman–Crippen LogP) is 1.97. The first-order valence-corrected chi connectivity index (χ1v) is 5.70. The quantitative estimate of drug-likeness (QED) is 0.783. The molecule has 0 saturated carbocycles. The molecule has 0 fully saturated rings. The summed E-state index contributed by atoms with van der Waals surface area (Å²) in [5.41, 5.74) is 0. The third-order valence-corrected chi connectivity index (χ3v) is 2.27. The monoisotopic (exact) mass is 234 g/mol. The minimum atomic E-state index is -0.267. The zero-order valence-corrected chi connectivity index (χ0v) is 10.3. The van der Waals surface area contributed by atoms with E-state index in [0.717, 1.165) is 24.5 Å². The Morgan fingerprint density at radius 3 is 2.47 bits per heavy atom. The van der Waals surface area contributed by atoms with Crippen LogP contribution in [0.1, 0.15) is 13.3 Å². The van der Waals surface area contributed by atoms with Crippen molar-refractivity contribution < 1.29 is 9.47 Å². The fraction of sp³-hybridized carbons (Fsp3) is 0.462. The fourth-order valence-electron chi connectivity index (χ4n) is 1.31. The second kappa shape index (κ2) is 7.53. The van der Waals surface area contributed by atoms with E-state index >= 15 is 0 Å². The van der Waals surface area contributed by atoms with E-state index in [1.54, 1.807) is 7.11 Å². The Morgan fingerprint density at radius 2 is 1.94 bits per heavy atom. The summed E-state index contributed by atoms with van der Waals surface area (Å²) in [7, 11) is 1.62. The molecule has 0 aliphatic rings. The van der Waals surface area contributed by atoms with Crippen LogP contribution in [0, 0.1) is 11.3 Å². The van der Waals surface area contributed by atoms with Gasteiger partial charge in [0.25, 0.3) is 0 Å². The topological polar surface area (TPSA) is 54.3 Å². The standard InChI is InChI=1S/C13H18N2O2/c1-3-8-15-11(9-14)10-17-13-6-4-12(16-2)5-7-13/h4-7,11,15H,3,8,10H2,1-2H3. The van der Waals surface area contributed by atoms with Gasteiger partial charge in [0.1, 0.15) is 24.1 Å². The highest BCUT2D eigenvalue weighted by atomic mass is 16.5. The molecule has 1 unspecified atom stereocenters. The Labute approximate surface area is 102 Å². The smallest absolute Gasteiger partial charge is 0.130 e. The third-order valence-electron chi connectivity index (χ3n) is 2.27. The molecule has 0 radical (unpaired) electrons. The molecule has 4 heteroatoms. The van der Waals surface area contributed by atoms with E-state index in [0.29, 0.717) is 6.61 Å². The van der Waals surface area contributed by atoms with Crippen LogP contribution in [0.2, 0.25) is 0 Å². The maximum absolute atomic E-state index is 8.90. The minimum Gasteiger partial charge on any atom is -0.497 e. The number of nitrogens with one attached hydrogen (secondary N) is 1. The van der Waals surface area contributed by atoms with Gasteiger partial charge in [0, 0.05) is 0 Å². The lowest BCUT2D eigenvalue weighted by Gasteiger charge is -2.12. The molecule has 0 saturated heterocycles. The highest BCUT2D eigenvalue weighted by Gasteiger charge is 2.06. The molecule has 0 bridgehead atoms. The largest absolute Gasteiger partial charge is 0.497 e. The first-order valence-electron chi connectivity index (χ1n) is 5.70. The average Bonchev–Trinajstić information content (AvgIpc) is 2.39. The highest BCUT2D eigenvalue weighted by Crippen LogP contribution is 2.16. The Bertz CT molecular complexity index is 357. The molecule has 1 aromatic rings. The fourth-order valence-corrected chi connectivity index (χ4v) is 1.31. The molecule has 0 spiro atoms. The predicted molar refractivity (Wildman–Crippen MR) is 66.2 cm³/mol. The van der Waals surface area contributed by atoms with Crippen molar-refractivity contribution in [1.82, 2.24) is 5.32 Å². The summed E-state index contributed by atoms with van der Waals surface area (Å²) >= 11 is 0. The SMILES string of the molecule is CCCNC(C#N)COc1ccc(OC)cc1. The average molecular weight is 234 g/mol. The molecule has 1 atom stereocenters. The maximum atomic E-state index is 8.90. The Kier molecular flexibility index (Phi) is 5.91. The third kappa shape index (κ3) is 4.75. The van der Waals surface area contributed by atoms with Crippen molar-refractivity contribution in [3.63, 3.8) is 0 Å². The zero-order chi connectivity index (χ0) is 12.5. The van der Waals surface area contributed by atoms with Crippen molar-refractivity contribution in [3.05, 3.63) is 24.3 Å². The van der Waals surface area contributed by atoms with Crippen LogP contribution >= 0.6 is 0 Å². The number of hydrogen-bond donors (Lipinski definition) is 1. The van der Waals surface area contributed by atoms with Gasteiger partial charge in [-0.25, -0.2) is 0 Å². The molecule has 0 aliphatic heterocycles. The molecule has 92 valence electrons. The van der Waals surface area contributed by atoms with Gasteiger partial charge in [-0.05, 0) is 37.2 Å². The van der Waals surface area contributed by atoms with Gasteiger partial charge in [0.15, 0.2) is 0 Å². The van der Waals surface area contributed by atoms with Crippen LogP contribution in [-0.4, -0.2) is 26.3 Å². The number of ether oxygens (including phenoxy) is 2. The van der Waals surface area contributed by atoms with Crippen LogP contribution in [-0.2, 0) is 0 Å². The molecular formula is C13H18N2O2. The van der Waals surface area contributed by atoms with Crippen LogP contribution < -0.4 is 14.8 Å². The first-order chi connectivity index (χ1) is 8.30. The molecule has 17 heavy (non-hydrogen) atoms. The van der Waals surface area contributed by atoms with Gasteiger partial charge in [-0.15, -0.1) is 0 Å². The number of rotatable bonds is 7. The van der Waals surface area contributed by atoms with Gasteiger partial charge < -0.3 is 9.47 Å². The summed E-state index contributed by atoms with van der Waals surface area (Å²) in [5, 5.41) is 12.0. The lowest BCUT2D eigenvalue weighted by Crippen LogP contribution is -2.33. The van der Waals surface area contributed by atoms with Crippen LogP contribution in [0.15, 0.2) is 24.3 Å². The van der Waals surface area contributed by atoms with E-state index in [1.807, 2.05) is 24.3 Å². The summed E-state index contributed by atoms with van der Waals surface area (Å²) in [6, 6.07) is 9.21. The van der Waals surface area contributed by atoms with Crippen LogP contribution in [0.5, 0.6) is 11.5 Å². The van der Waals surface area contributed by atoms with Gasteiger partial charge in [0.2, 0.25) is 0 Å². The number of hydrogen-bond acceptors (Lipinski definition) is 4. The number of methoxy groups -OCH3 is 1. The maximum Gasteiger partial charge on any atom is 0.130 e. The van der Waals surface area contributed by atoms with Crippen LogP contribution in [0.25, 0.3) is 0 Å². The molecule has 0 aromatic heterocycles. The van der Waals surface area contributed by atoms with Gasteiger partial charge in [-0.3, -0.25) is 5.32 Å². The van der Waals surface area contributed by atoms with Crippen molar-refractivity contribution in [2.45, 2.75) is 19.4 Å². The lowest BCUT2D eigenvalue weighted by molar-refractivity contribution is 0.289. The highest BCUT2D eigenvalue weighted by molar-refractivity contribution is 5.31. The summed E-state index contributed by atoms with van der Waals surface area (Å²) in [6.07, 6.45) is 1.00. The summed E-state index contributed by atoms with van der Waals surface area (Å²) in [5.74, 6) is 1.53. The molecule has 1 N–H and O–H groups in total. The Hall–Kier alpha value is -1.73. The summed E-state index contributed by atoms with van der Waals surface area (Å²) in [6.45, 7) is 3.23. The van der Waals surface area contributed by atoms with E-state index in [4.69, 9.17) is 14.7 Å². The van der Waals surface area contributed by atoms with Crippen molar-refractivity contribution in [3.8, 4) is 17.6 Å². The molecule has 0 heterocycles. The molecule has 0 amide bonds. The minimum absolute atomic E-state index is 0.267. The molecule has 1 aromatic carbocycles. The molecular weight excluding hydrogens is 216 g/mol. The second-order valence-electron chi connectivity index (χ2n) is 3.62. The number of nitriles is 1. The van der Waals surface area contributed by atoms with Crippen molar-refractivity contribution >= 4 is 0 Å². The first kappa shape index (κ1) is 13.3. The second-order valence-corrected chi connectivity index (χ2v) is 3.62. The Morgan fingerprint density at radius 1 is 1.29 bits per heavy atom. The summed E-state index contributed by atoms with van der Waals surface area (Å²) < 4.78 is 10.6. The van der Waals surface area contributed by atoms with Gasteiger partial charge in [-0.2, -0.15) is 5.26 Å². The van der Waals surface area contributed by atoms with Crippen LogP contribution in [0.4, 0.5) is 0 Å². The zero-order valence-electron chi connectivity index (χ0n) is 10.3. The van der Waals surface area contributed by atoms with Crippen molar-refractivity contribution in [2.24, 2.45) is 0 Å². The lowest BCUT2D eigenvalue weighted by atomic mass is 10.3. The summed E-state index contributed by atoms with van der Waals surface area (Å²) in [4.78, 5) is 0. The normalized spacial score (nSPS) is 11.6. The van der Waals surface area contributed by atoms with E-state index in [1.165, 1.54) is 0 Å². The van der Waals surface area contributed by atoms with Gasteiger partial charge in [0.05, 0.1) is 13.2 Å². The van der Waals surface area contributed by atoms with Crippen LogP contribution in [0.3, 0.4) is 0 Å². The van der Waals surface area contributed by atoms with Gasteiger partial charge >= 0.3 is 0 Å². The van der Waals surface area contributed by atoms with Crippen molar-refractivity contribution in [1.29, 1.82) is 5.26 Å². The van der Waals surface area contributed by atoms with E-state index in [9.17, 15) is 0 Å². The van der Waals surface area contributed by atoms with E-state index in [2.05, 4.69) is 18.3 Å². The molecule has 0 aliphatic carbocycles. The van der Waals surface area contributed by atoms with E-state index < -0.39 is 0 Å².